The molecule has 0 aliphatic carbocycles. The van der Waals surface area contributed by atoms with Crippen LogP contribution in [0.3, 0.4) is 0 Å². The molecule has 1 aliphatic heterocycles. The van der Waals surface area contributed by atoms with Crippen LogP contribution in [0.25, 0.3) is 11.4 Å². The van der Waals surface area contributed by atoms with Gasteiger partial charge in [-0.15, -0.1) is 5.10 Å². The molecule has 0 radical (unpaired) electrons. The second-order valence-electron chi connectivity index (χ2n) is 6.37. The number of hydrogen-bond donors (Lipinski definition) is 0. The summed E-state index contributed by atoms with van der Waals surface area (Å²) < 4.78 is 0. The molecule has 2 aromatic carbocycles. The highest BCUT2D eigenvalue weighted by molar-refractivity contribution is 5.58. The summed E-state index contributed by atoms with van der Waals surface area (Å²) in [6.07, 6.45) is 4.43. The zero-order chi connectivity index (χ0) is 16.4. The average Bonchev–Trinajstić information content (AvgIpc) is 2.80. The van der Waals surface area contributed by atoms with E-state index >= 15 is 0 Å². The Morgan fingerprint density at radius 1 is 1.04 bits per heavy atom. The Bertz CT molecular complexity index is 818. The smallest absolute Gasteiger partial charge is 0.181 e. The Kier molecular flexibility index (Phi) is 4.05. The minimum absolute atomic E-state index is 0.440. The normalized spacial score (nSPS) is 18.0. The third kappa shape index (κ3) is 2.93. The highest BCUT2D eigenvalue weighted by atomic mass is 15.1. The fourth-order valence-corrected chi connectivity index (χ4v) is 3.51. The van der Waals surface area contributed by atoms with Crippen molar-refractivity contribution in [3.63, 3.8) is 0 Å². The van der Waals surface area contributed by atoms with E-state index in [1.54, 1.807) is 12.4 Å². The molecule has 0 fully saturated rings. The summed E-state index contributed by atoms with van der Waals surface area (Å²) >= 11 is 0. The Balaban J connectivity index is 1.79. The van der Waals surface area contributed by atoms with Crippen LogP contribution in [-0.2, 0) is 6.54 Å². The van der Waals surface area contributed by atoms with Crippen molar-refractivity contribution in [3.8, 4) is 11.4 Å². The first kappa shape index (κ1) is 15.0. The first-order chi connectivity index (χ1) is 11.8. The fraction of sp³-hybridized carbons (Fsp3) is 0.250. The van der Waals surface area contributed by atoms with E-state index in [2.05, 4.69) is 75.7 Å². The molecule has 0 bridgehead atoms. The molecule has 120 valence electrons. The molecule has 1 aromatic heterocycles. The maximum atomic E-state index is 4.33. The summed E-state index contributed by atoms with van der Waals surface area (Å²) in [7, 11) is 2.18. The third-order valence-corrected chi connectivity index (χ3v) is 4.70. The molecule has 0 saturated heterocycles. The van der Waals surface area contributed by atoms with Gasteiger partial charge in [0.25, 0.3) is 0 Å². The Morgan fingerprint density at radius 3 is 2.71 bits per heavy atom. The summed E-state index contributed by atoms with van der Waals surface area (Å²) in [6.45, 7) is 2.04. The molecular weight excluding hydrogens is 296 g/mol. The van der Waals surface area contributed by atoms with Gasteiger partial charge in [0.1, 0.15) is 0 Å². The van der Waals surface area contributed by atoms with E-state index < -0.39 is 0 Å². The zero-order valence-electron chi connectivity index (χ0n) is 13.8. The average molecular weight is 316 g/mol. The Labute approximate surface area is 142 Å². The first-order valence-corrected chi connectivity index (χ1v) is 8.31. The van der Waals surface area contributed by atoms with Crippen molar-refractivity contribution in [2.75, 3.05) is 13.6 Å². The number of fused-ring (bicyclic) bond motifs is 1. The number of aromatic nitrogens is 3. The van der Waals surface area contributed by atoms with E-state index in [4.69, 9.17) is 0 Å². The van der Waals surface area contributed by atoms with Gasteiger partial charge in [-0.25, -0.2) is 4.98 Å². The second kappa shape index (κ2) is 6.49. The molecular formula is C20H20N4. The van der Waals surface area contributed by atoms with Crippen LogP contribution in [0.15, 0.2) is 60.9 Å². The lowest BCUT2D eigenvalue weighted by Gasteiger charge is -2.18. The van der Waals surface area contributed by atoms with Gasteiger partial charge in [0.15, 0.2) is 5.82 Å². The number of rotatable bonds is 2. The summed E-state index contributed by atoms with van der Waals surface area (Å²) in [6, 6.07) is 17.4. The molecule has 4 nitrogen and oxygen atoms in total. The molecule has 1 aliphatic rings. The van der Waals surface area contributed by atoms with Crippen molar-refractivity contribution in [2.24, 2.45) is 0 Å². The van der Waals surface area contributed by atoms with Crippen LogP contribution in [0.4, 0.5) is 0 Å². The molecule has 2 heterocycles. The summed E-state index contributed by atoms with van der Waals surface area (Å²) in [4.78, 5) is 6.71. The molecule has 0 N–H and O–H groups in total. The standard InChI is InChI=1S/C20H20N4/c1-24-12-9-19(15-5-3-2-4-6-15)18-8-7-16(13-17(18)14-24)20-21-10-11-22-23-20/h2-8,10-11,13,19H,9,12,14H2,1H3. The Morgan fingerprint density at radius 2 is 1.92 bits per heavy atom. The van der Waals surface area contributed by atoms with Crippen LogP contribution in [0, 0.1) is 0 Å². The molecule has 0 spiro atoms. The van der Waals surface area contributed by atoms with E-state index in [-0.39, 0.29) is 0 Å². The van der Waals surface area contributed by atoms with E-state index in [1.165, 1.54) is 16.7 Å². The summed E-state index contributed by atoms with van der Waals surface area (Å²) in [5.41, 5.74) is 5.19. The number of nitrogens with zero attached hydrogens (tertiary/aromatic N) is 4. The fourth-order valence-electron chi connectivity index (χ4n) is 3.51. The number of hydrogen-bond acceptors (Lipinski definition) is 4. The molecule has 0 saturated carbocycles. The topological polar surface area (TPSA) is 41.9 Å². The van der Waals surface area contributed by atoms with Crippen molar-refractivity contribution < 1.29 is 0 Å². The predicted molar refractivity (Wildman–Crippen MR) is 94.5 cm³/mol. The lowest BCUT2D eigenvalue weighted by molar-refractivity contribution is 0.328. The van der Waals surface area contributed by atoms with E-state index in [0.29, 0.717) is 11.7 Å². The van der Waals surface area contributed by atoms with Gasteiger partial charge in [0.05, 0.1) is 6.20 Å². The minimum Gasteiger partial charge on any atom is -0.302 e. The lowest BCUT2D eigenvalue weighted by atomic mass is 9.86. The highest BCUT2D eigenvalue weighted by Gasteiger charge is 2.22. The largest absolute Gasteiger partial charge is 0.302 e. The van der Waals surface area contributed by atoms with Gasteiger partial charge < -0.3 is 4.90 Å². The van der Waals surface area contributed by atoms with E-state index in [0.717, 1.165) is 25.1 Å². The first-order valence-electron chi connectivity index (χ1n) is 8.31. The lowest BCUT2D eigenvalue weighted by Crippen LogP contribution is -2.17. The molecule has 4 heteroatoms. The summed E-state index contributed by atoms with van der Waals surface area (Å²) in [5.74, 6) is 1.12. The van der Waals surface area contributed by atoms with Crippen LogP contribution in [0.5, 0.6) is 0 Å². The van der Waals surface area contributed by atoms with Crippen LogP contribution < -0.4 is 0 Å². The minimum atomic E-state index is 0.440. The van der Waals surface area contributed by atoms with Gasteiger partial charge in [-0.1, -0.05) is 42.5 Å². The maximum absolute atomic E-state index is 4.33. The molecule has 1 unspecified atom stereocenters. The van der Waals surface area contributed by atoms with Crippen LogP contribution in [-0.4, -0.2) is 33.7 Å². The van der Waals surface area contributed by atoms with Crippen LogP contribution in [0.2, 0.25) is 0 Å². The van der Waals surface area contributed by atoms with Gasteiger partial charge in [-0.05, 0) is 42.8 Å². The molecule has 24 heavy (non-hydrogen) atoms. The van der Waals surface area contributed by atoms with Gasteiger partial charge in [0, 0.05) is 24.2 Å². The SMILES string of the molecule is CN1CCC(c2ccccc2)c2ccc(-c3nccnn3)cc2C1. The van der Waals surface area contributed by atoms with E-state index in [9.17, 15) is 0 Å². The summed E-state index contributed by atoms with van der Waals surface area (Å²) in [5, 5.41) is 8.09. The van der Waals surface area contributed by atoms with Crippen molar-refractivity contribution in [1.82, 2.24) is 20.1 Å². The van der Waals surface area contributed by atoms with E-state index in [1.807, 2.05) is 0 Å². The zero-order valence-corrected chi connectivity index (χ0v) is 13.8. The van der Waals surface area contributed by atoms with Gasteiger partial charge in [0.2, 0.25) is 0 Å². The van der Waals surface area contributed by atoms with Gasteiger partial charge in [-0.2, -0.15) is 5.10 Å². The predicted octanol–water partition coefficient (Wildman–Crippen LogP) is 3.51. The van der Waals surface area contributed by atoms with Crippen molar-refractivity contribution in [2.45, 2.75) is 18.9 Å². The third-order valence-electron chi connectivity index (χ3n) is 4.70. The highest BCUT2D eigenvalue weighted by Crippen LogP contribution is 2.35. The molecule has 3 aromatic rings. The molecule has 0 amide bonds. The maximum Gasteiger partial charge on any atom is 0.181 e. The van der Waals surface area contributed by atoms with Crippen molar-refractivity contribution >= 4 is 0 Å². The quantitative estimate of drug-likeness (QED) is 0.725. The molecule has 1 atom stereocenters. The van der Waals surface area contributed by atoms with Crippen molar-refractivity contribution in [1.29, 1.82) is 0 Å². The van der Waals surface area contributed by atoms with Crippen LogP contribution >= 0.6 is 0 Å². The Hall–Kier alpha value is -2.59. The van der Waals surface area contributed by atoms with Gasteiger partial charge in [-0.3, -0.25) is 0 Å². The van der Waals surface area contributed by atoms with Crippen molar-refractivity contribution in [3.05, 3.63) is 77.6 Å². The van der Waals surface area contributed by atoms with Gasteiger partial charge >= 0.3 is 0 Å². The monoisotopic (exact) mass is 316 g/mol. The second-order valence-corrected chi connectivity index (χ2v) is 6.37. The van der Waals surface area contributed by atoms with Crippen LogP contribution in [0.1, 0.15) is 29.0 Å². The molecule has 4 rings (SSSR count). The number of benzene rings is 2.